The second-order valence-electron chi connectivity index (χ2n) is 11.2. The summed E-state index contributed by atoms with van der Waals surface area (Å²) in [5.74, 6) is 0.121. The number of hydrogen-bond acceptors (Lipinski definition) is 3. The van der Waals surface area contributed by atoms with Gasteiger partial charge in [-0.3, -0.25) is 14.4 Å². The molecule has 1 saturated carbocycles. The van der Waals surface area contributed by atoms with E-state index in [4.69, 9.17) is 0 Å². The first-order valence-electron chi connectivity index (χ1n) is 17.3. The topological polar surface area (TPSA) is 83.4 Å². The maximum atomic E-state index is 12.9. The summed E-state index contributed by atoms with van der Waals surface area (Å²) in [4.78, 5) is 34.6. The van der Waals surface area contributed by atoms with Gasteiger partial charge in [0.25, 0.3) is 0 Å². The first kappa shape index (κ1) is 39.4. The number of likely N-dealkylation sites (N-methyl/N-ethyl adjacent to an activating group) is 1. The smallest absolute Gasteiger partial charge is 0.246 e. The Morgan fingerprint density at radius 3 is 2.24 bits per heavy atom. The summed E-state index contributed by atoms with van der Waals surface area (Å²) >= 11 is 0. The molecule has 3 amide bonds. The van der Waals surface area contributed by atoms with Crippen LogP contribution in [0.5, 0.6) is 0 Å². The number of para-hydroxylation sites is 1. The monoisotopic (exact) mass is 620 g/mol. The highest BCUT2D eigenvalue weighted by molar-refractivity contribution is 5.94. The number of aryl methyl sites for hydroxylation is 2. The van der Waals surface area contributed by atoms with Crippen LogP contribution in [0.2, 0.25) is 0 Å². The summed E-state index contributed by atoms with van der Waals surface area (Å²) < 4.78 is 2.10. The maximum Gasteiger partial charge on any atom is 0.246 e. The van der Waals surface area contributed by atoms with Crippen molar-refractivity contribution < 1.29 is 14.4 Å². The largest absolute Gasteiger partial charge is 0.359 e. The molecule has 250 valence electrons. The summed E-state index contributed by atoms with van der Waals surface area (Å²) in [6, 6.07) is 19.1. The fraction of sp³-hybridized carbons (Fsp3) is 0.553. The molecule has 1 aliphatic rings. The van der Waals surface area contributed by atoms with Crippen molar-refractivity contribution in [2.24, 2.45) is 0 Å². The van der Waals surface area contributed by atoms with Crippen molar-refractivity contribution in [2.45, 2.75) is 125 Å². The molecule has 1 heterocycles. The summed E-state index contributed by atoms with van der Waals surface area (Å²) in [5, 5.41) is 6.63. The Labute approximate surface area is 273 Å². The number of hydrogen-bond donors (Lipinski definition) is 2. The average Bonchev–Trinajstić information content (AvgIpc) is 3.39. The zero-order valence-electron chi connectivity index (χ0n) is 28.9. The molecule has 0 aliphatic heterocycles. The van der Waals surface area contributed by atoms with Crippen LogP contribution < -0.4 is 15.5 Å². The Balaban J connectivity index is 0.000000398. The van der Waals surface area contributed by atoms with E-state index in [1.54, 1.807) is 0 Å². The molecule has 3 aromatic rings. The summed E-state index contributed by atoms with van der Waals surface area (Å²) in [5.41, 5.74) is 4.46. The molecule has 0 atom stereocenters. The maximum absolute atomic E-state index is 12.9. The van der Waals surface area contributed by atoms with Gasteiger partial charge < -0.3 is 20.1 Å². The van der Waals surface area contributed by atoms with Gasteiger partial charge in [0.1, 0.15) is 6.54 Å². The molecular formula is C38H60N4O3. The predicted octanol–water partition coefficient (Wildman–Crippen LogP) is 8.36. The number of carbonyl (C=O) groups is 3. The van der Waals surface area contributed by atoms with Gasteiger partial charge in [-0.2, -0.15) is 0 Å². The van der Waals surface area contributed by atoms with Crippen molar-refractivity contribution in [3.05, 3.63) is 65.9 Å². The van der Waals surface area contributed by atoms with E-state index in [1.807, 2.05) is 49.9 Å². The molecule has 0 unspecified atom stereocenters. The van der Waals surface area contributed by atoms with Crippen LogP contribution in [0.25, 0.3) is 10.9 Å². The van der Waals surface area contributed by atoms with Crippen molar-refractivity contribution in [3.8, 4) is 0 Å². The van der Waals surface area contributed by atoms with Crippen LogP contribution in [0.4, 0.5) is 5.69 Å². The summed E-state index contributed by atoms with van der Waals surface area (Å²) in [6.07, 6.45) is 15.1. The lowest BCUT2D eigenvalue weighted by molar-refractivity contribution is -0.119. The minimum absolute atomic E-state index is 0.121. The van der Waals surface area contributed by atoms with Crippen LogP contribution in [-0.2, 0) is 27.3 Å². The number of aromatic nitrogens is 1. The first-order chi connectivity index (χ1) is 22.0. The van der Waals surface area contributed by atoms with E-state index < -0.39 is 0 Å². The molecule has 7 heteroatoms. The van der Waals surface area contributed by atoms with Gasteiger partial charge in [0.2, 0.25) is 18.7 Å². The standard InChI is InChI=1S/C21H24N2O.C8H17NO.C7H13NO.C2H6/c1-4-17-9-8-11-19(14-17)22(5-2)21(24)15-23-16(3)13-18-10-6-7-12-20(18)23;1-2-3-4-5-6-7-9-8-10;9-6-8-7-4-2-1-3-5-7;1-2/h6-14H,4-5,15H2,1-3H3;8H,2-7H2,1H3,(H,9,10);6-7H,1-5H2,(H,8,9);1-2H3. The molecule has 4 rings (SSSR count). The molecule has 0 spiro atoms. The van der Waals surface area contributed by atoms with Gasteiger partial charge >= 0.3 is 0 Å². The Morgan fingerprint density at radius 1 is 0.889 bits per heavy atom. The van der Waals surface area contributed by atoms with Crippen molar-refractivity contribution in [3.63, 3.8) is 0 Å². The van der Waals surface area contributed by atoms with Gasteiger partial charge in [-0.25, -0.2) is 0 Å². The SMILES string of the molecule is CC.CCCCCCCNC=O.CCc1cccc(N(CC)C(=O)Cn2c(C)cc3ccccc32)c1.O=CNC1CCCCC1. The highest BCUT2D eigenvalue weighted by Crippen LogP contribution is 2.22. The van der Waals surface area contributed by atoms with Gasteiger partial charge in [0.05, 0.1) is 0 Å². The van der Waals surface area contributed by atoms with Crippen LogP contribution in [0.3, 0.4) is 0 Å². The normalized spacial score (nSPS) is 12.3. The van der Waals surface area contributed by atoms with E-state index in [-0.39, 0.29) is 5.91 Å². The fourth-order valence-electron chi connectivity index (χ4n) is 5.48. The molecule has 2 N–H and O–H groups in total. The zero-order valence-corrected chi connectivity index (χ0v) is 28.9. The van der Waals surface area contributed by atoms with Crippen LogP contribution in [0.15, 0.2) is 54.6 Å². The molecule has 1 fully saturated rings. The quantitative estimate of drug-likeness (QED) is 0.140. The predicted molar refractivity (Wildman–Crippen MR) is 191 cm³/mol. The Morgan fingerprint density at radius 2 is 1.60 bits per heavy atom. The van der Waals surface area contributed by atoms with Crippen LogP contribution in [0, 0.1) is 6.92 Å². The number of benzene rings is 2. The minimum Gasteiger partial charge on any atom is -0.359 e. The fourth-order valence-corrected chi connectivity index (χ4v) is 5.48. The lowest BCUT2D eigenvalue weighted by Crippen LogP contribution is -2.33. The van der Waals surface area contributed by atoms with Crippen LogP contribution in [-0.4, -0.2) is 42.4 Å². The highest BCUT2D eigenvalue weighted by Gasteiger charge is 2.17. The van der Waals surface area contributed by atoms with E-state index in [1.165, 1.54) is 68.7 Å². The number of rotatable bonds is 14. The van der Waals surface area contributed by atoms with Gasteiger partial charge in [0, 0.05) is 36.0 Å². The molecule has 45 heavy (non-hydrogen) atoms. The van der Waals surface area contributed by atoms with E-state index in [0.29, 0.717) is 19.1 Å². The number of carbonyl (C=O) groups excluding carboxylic acids is 3. The summed E-state index contributed by atoms with van der Waals surface area (Å²) in [6.45, 7) is 14.3. The Kier molecular flexibility index (Phi) is 21.6. The molecular weight excluding hydrogens is 560 g/mol. The van der Waals surface area contributed by atoms with E-state index in [0.717, 1.165) is 49.1 Å². The Bertz CT molecular complexity index is 1220. The second-order valence-corrected chi connectivity index (χ2v) is 11.2. The third-order valence-corrected chi connectivity index (χ3v) is 7.98. The first-order valence-corrected chi connectivity index (χ1v) is 17.3. The van der Waals surface area contributed by atoms with Gasteiger partial charge in [-0.05, 0) is 74.7 Å². The molecule has 0 radical (unpaired) electrons. The lowest BCUT2D eigenvalue weighted by atomic mass is 9.96. The minimum atomic E-state index is 0.121. The molecule has 0 bridgehead atoms. The number of nitrogens with one attached hydrogen (secondary N) is 2. The van der Waals surface area contributed by atoms with Gasteiger partial charge in [0.15, 0.2) is 0 Å². The number of anilines is 1. The highest BCUT2D eigenvalue weighted by atomic mass is 16.2. The molecule has 7 nitrogen and oxygen atoms in total. The van der Waals surface area contributed by atoms with E-state index in [2.05, 4.69) is 66.3 Å². The average molecular weight is 621 g/mol. The van der Waals surface area contributed by atoms with Crippen molar-refractivity contribution in [2.75, 3.05) is 18.0 Å². The number of nitrogens with zero attached hydrogens (tertiary/aromatic N) is 2. The zero-order chi connectivity index (χ0) is 33.3. The number of unbranched alkanes of at least 4 members (excludes halogenated alkanes) is 4. The van der Waals surface area contributed by atoms with E-state index in [9.17, 15) is 14.4 Å². The molecule has 2 aromatic carbocycles. The van der Waals surface area contributed by atoms with Gasteiger partial charge in [-0.15, -0.1) is 0 Å². The van der Waals surface area contributed by atoms with E-state index >= 15 is 0 Å². The van der Waals surface area contributed by atoms with Crippen molar-refractivity contribution in [1.29, 1.82) is 0 Å². The Hall–Kier alpha value is -3.61. The molecule has 0 saturated heterocycles. The molecule has 1 aromatic heterocycles. The van der Waals surface area contributed by atoms with Crippen LogP contribution >= 0.6 is 0 Å². The summed E-state index contributed by atoms with van der Waals surface area (Å²) in [7, 11) is 0. The number of fused-ring (bicyclic) bond motifs is 1. The van der Waals surface area contributed by atoms with Crippen molar-refractivity contribution in [1.82, 2.24) is 15.2 Å². The third kappa shape index (κ3) is 14.8. The van der Waals surface area contributed by atoms with Crippen molar-refractivity contribution >= 4 is 35.3 Å². The van der Waals surface area contributed by atoms with Crippen LogP contribution in [0.1, 0.15) is 110 Å². The third-order valence-electron chi connectivity index (χ3n) is 7.98. The lowest BCUT2D eigenvalue weighted by Gasteiger charge is -2.22. The molecule has 1 aliphatic carbocycles. The number of amides is 3. The second kappa shape index (κ2) is 24.7. The van der Waals surface area contributed by atoms with Gasteiger partial charge in [-0.1, -0.05) is 103 Å².